The van der Waals surface area contributed by atoms with E-state index in [-0.39, 0.29) is 18.4 Å². The molecule has 0 bridgehead atoms. The van der Waals surface area contributed by atoms with Gasteiger partial charge in [0, 0.05) is 32.2 Å². The van der Waals surface area contributed by atoms with Gasteiger partial charge in [-0.15, -0.1) is 12.4 Å². The van der Waals surface area contributed by atoms with E-state index in [4.69, 9.17) is 4.74 Å². The van der Waals surface area contributed by atoms with Crippen molar-refractivity contribution in [1.29, 1.82) is 0 Å². The second-order valence-corrected chi connectivity index (χ2v) is 6.91. The maximum absolute atomic E-state index is 11.0. The summed E-state index contributed by atoms with van der Waals surface area (Å²) in [7, 11) is 1.72. The largest absolute Gasteiger partial charge is 0.495 e. The lowest BCUT2D eigenvalue weighted by Gasteiger charge is -2.42. The summed E-state index contributed by atoms with van der Waals surface area (Å²) < 4.78 is 5.51. The number of anilines is 1. The second-order valence-electron chi connectivity index (χ2n) is 6.91. The first-order chi connectivity index (χ1) is 12.7. The van der Waals surface area contributed by atoms with Gasteiger partial charge in [0.25, 0.3) is 0 Å². The maximum Gasteiger partial charge on any atom is 0.142 e. The van der Waals surface area contributed by atoms with Crippen LogP contribution in [0.2, 0.25) is 0 Å². The van der Waals surface area contributed by atoms with Gasteiger partial charge in [0.1, 0.15) is 5.75 Å². The molecule has 2 unspecified atom stereocenters. The van der Waals surface area contributed by atoms with Crippen molar-refractivity contribution in [2.24, 2.45) is 0 Å². The van der Waals surface area contributed by atoms with E-state index in [0.717, 1.165) is 56.0 Å². The maximum atomic E-state index is 11.0. The molecule has 3 rings (SSSR count). The molecule has 1 N–H and O–H groups in total. The number of piperazine rings is 1. The zero-order chi connectivity index (χ0) is 18.4. The number of benzene rings is 2. The number of rotatable bonds is 7. The van der Waals surface area contributed by atoms with E-state index in [1.165, 1.54) is 0 Å². The van der Waals surface area contributed by atoms with Gasteiger partial charge in [-0.2, -0.15) is 0 Å². The lowest BCUT2D eigenvalue weighted by molar-refractivity contribution is 0.0393. The van der Waals surface area contributed by atoms with Crippen molar-refractivity contribution in [2.45, 2.75) is 31.9 Å². The molecule has 4 nitrogen and oxygen atoms in total. The molecule has 0 saturated carbocycles. The molecule has 1 aliphatic rings. The summed E-state index contributed by atoms with van der Waals surface area (Å²) in [6.07, 6.45) is 1.64. The fraction of sp³-hybridized carbons (Fsp3) is 0.455. The second kappa shape index (κ2) is 10.5. The number of ether oxygens (including phenoxy) is 1. The molecule has 0 amide bonds. The highest BCUT2D eigenvalue weighted by molar-refractivity contribution is 5.85. The number of halogens is 1. The number of aliphatic hydroxyl groups is 1. The SMILES string of the molecule is CCCC(C(O)c1ccccc1)N1CCN(c2ccccc2OC)CC1.Cl. The van der Waals surface area contributed by atoms with Gasteiger partial charge in [0.05, 0.1) is 18.9 Å². The summed E-state index contributed by atoms with van der Waals surface area (Å²) in [5, 5.41) is 11.0. The van der Waals surface area contributed by atoms with Crippen LogP contribution in [0.4, 0.5) is 5.69 Å². The Morgan fingerprint density at radius 3 is 2.22 bits per heavy atom. The number of nitrogens with zero attached hydrogens (tertiary/aromatic N) is 2. The first-order valence-corrected chi connectivity index (χ1v) is 9.59. The fourth-order valence-corrected chi connectivity index (χ4v) is 3.89. The average molecular weight is 391 g/mol. The standard InChI is InChI=1S/C22H30N2O2.ClH/c1-3-9-20(22(25)18-10-5-4-6-11-18)24-16-14-23(15-17-24)19-12-7-8-13-21(19)26-2;/h4-8,10-13,20,22,25H,3,9,14-17H2,1-2H3;1H. The van der Waals surface area contributed by atoms with Crippen LogP contribution in [0, 0.1) is 0 Å². The van der Waals surface area contributed by atoms with E-state index in [9.17, 15) is 5.11 Å². The average Bonchev–Trinajstić information content (AvgIpc) is 2.72. The van der Waals surface area contributed by atoms with Crippen molar-refractivity contribution in [3.63, 3.8) is 0 Å². The van der Waals surface area contributed by atoms with Crippen LogP contribution < -0.4 is 9.64 Å². The van der Waals surface area contributed by atoms with Gasteiger partial charge in [-0.3, -0.25) is 4.90 Å². The van der Waals surface area contributed by atoms with Gasteiger partial charge < -0.3 is 14.7 Å². The van der Waals surface area contributed by atoms with E-state index in [1.54, 1.807) is 7.11 Å². The summed E-state index contributed by atoms with van der Waals surface area (Å²) >= 11 is 0. The van der Waals surface area contributed by atoms with Crippen molar-refractivity contribution in [1.82, 2.24) is 4.90 Å². The van der Waals surface area contributed by atoms with E-state index in [0.29, 0.717) is 0 Å². The number of para-hydroxylation sites is 2. The molecule has 0 aromatic heterocycles. The van der Waals surface area contributed by atoms with Gasteiger partial charge in [0.15, 0.2) is 0 Å². The molecule has 2 aromatic carbocycles. The highest BCUT2D eigenvalue weighted by atomic mass is 35.5. The van der Waals surface area contributed by atoms with Crippen LogP contribution in [-0.2, 0) is 0 Å². The quantitative estimate of drug-likeness (QED) is 0.770. The monoisotopic (exact) mass is 390 g/mol. The molecule has 1 aliphatic heterocycles. The van der Waals surface area contributed by atoms with Crippen molar-refractivity contribution in [3.05, 3.63) is 60.2 Å². The predicted octanol–water partition coefficient (Wildman–Crippen LogP) is 4.14. The van der Waals surface area contributed by atoms with Gasteiger partial charge in [-0.05, 0) is 24.1 Å². The third kappa shape index (κ3) is 5.16. The normalized spacial score (nSPS) is 17.1. The third-order valence-electron chi connectivity index (χ3n) is 5.30. The number of methoxy groups -OCH3 is 1. The Kier molecular flexibility index (Phi) is 8.42. The Bertz CT molecular complexity index is 675. The zero-order valence-electron chi connectivity index (χ0n) is 16.3. The number of aliphatic hydroxyl groups excluding tert-OH is 1. The Hall–Kier alpha value is -1.75. The van der Waals surface area contributed by atoms with Gasteiger partial charge in [0.2, 0.25) is 0 Å². The topological polar surface area (TPSA) is 35.9 Å². The molecule has 1 heterocycles. The molecule has 5 heteroatoms. The lowest BCUT2D eigenvalue weighted by atomic mass is 9.96. The minimum absolute atomic E-state index is 0. The molecule has 0 radical (unpaired) electrons. The highest BCUT2D eigenvalue weighted by Crippen LogP contribution is 2.30. The Labute approximate surface area is 169 Å². The van der Waals surface area contributed by atoms with E-state index >= 15 is 0 Å². The summed E-state index contributed by atoms with van der Waals surface area (Å²) in [6, 6.07) is 18.4. The first-order valence-electron chi connectivity index (χ1n) is 9.59. The van der Waals surface area contributed by atoms with Crippen LogP contribution in [0.3, 0.4) is 0 Å². The summed E-state index contributed by atoms with van der Waals surface area (Å²) in [5.41, 5.74) is 2.17. The summed E-state index contributed by atoms with van der Waals surface area (Å²) in [5.74, 6) is 0.926. The van der Waals surface area contributed by atoms with E-state index in [1.807, 2.05) is 42.5 Å². The van der Waals surface area contributed by atoms with Crippen molar-refractivity contribution in [2.75, 3.05) is 38.2 Å². The number of hydrogen-bond donors (Lipinski definition) is 1. The molecule has 0 aliphatic carbocycles. The smallest absolute Gasteiger partial charge is 0.142 e. The molecule has 27 heavy (non-hydrogen) atoms. The molecule has 2 aromatic rings. The molecular formula is C22H31ClN2O2. The minimum atomic E-state index is -0.436. The van der Waals surface area contributed by atoms with E-state index in [2.05, 4.69) is 28.9 Å². The molecule has 148 valence electrons. The van der Waals surface area contributed by atoms with Gasteiger partial charge >= 0.3 is 0 Å². The predicted molar refractivity (Wildman–Crippen MR) is 114 cm³/mol. The summed E-state index contributed by atoms with van der Waals surface area (Å²) in [4.78, 5) is 4.83. The third-order valence-corrected chi connectivity index (χ3v) is 5.30. The van der Waals surface area contributed by atoms with E-state index < -0.39 is 6.10 Å². The van der Waals surface area contributed by atoms with Crippen LogP contribution in [0.1, 0.15) is 31.4 Å². The molecule has 1 fully saturated rings. The first kappa shape index (κ1) is 21.5. The van der Waals surface area contributed by atoms with Crippen molar-refractivity contribution < 1.29 is 9.84 Å². The number of hydrogen-bond acceptors (Lipinski definition) is 4. The summed E-state index contributed by atoms with van der Waals surface area (Å²) in [6.45, 7) is 5.99. The Morgan fingerprint density at radius 2 is 1.59 bits per heavy atom. The Morgan fingerprint density at radius 1 is 0.963 bits per heavy atom. The fourth-order valence-electron chi connectivity index (χ4n) is 3.89. The van der Waals surface area contributed by atoms with Crippen LogP contribution in [0.25, 0.3) is 0 Å². The Balaban J connectivity index is 0.00000261. The molecule has 1 saturated heterocycles. The van der Waals surface area contributed by atoms with Crippen LogP contribution in [-0.4, -0.2) is 49.3 Å². The highest BCUT2D eigenvalue weighted by Gasteiger charge is 2.29. The van der Waals surface area contributed by atoms with Gasteiger partial charge in [-0.1, -0.05) is 55.8 Å². The minimum Gasteiger partial charge on any atom is -0.495 e. The van der Waals surface area contributed by atoms with Crippen molar-refractivity contribution in [3.8, 4) is 5.75 Å². The van der Waals surface area contributed by atoms with Gasteiger partial charge in [-0.25, -0.2) is 0 Å². The van der Waals surface area contributed by atoms with Crippen LogP contribution >= 0.6 is 12.4 Å². The molecule has 0 spiro atoms. The molecule has 2 atom stereocenters. The van der Waals surface area contributed by atoms with Crippen LogP contribution in [0.15, 0.2) is 54.6 Å². The van der Waals surface area contributed by atoms with Crippen molar-refractivity contribution >= 4 is 18.1 Å². The lowest BCUT2D eigenvalue weighted by Crippen LogP contribution is -2.52. The van der Waals surface area contributed by atoms with Crippen LogP contribution in [0.5, 0.6) is 5.75 Å². The zero-order valence-corrected chi connectivity index (χ0v) is 17.1. The molecular weight excluding hydrogens is 360 g/mol.